The lowest BCUT2D eigenvalue weighted by atomic mass is 9.90. The Labute approximate surface area is 306 Å². The van der Waals surface area contributed by atoms with Crippen LogP contribution in [0.1, 0.15) is 98.2 Å². The van der Waals surface area contributed by atoms with Crippen LogP contribution < -0.4 is 14.8 Å². The van der Waals surface area contributed by atoms with E-state index < -0.39 is 16.0 Å². The van der Waals surface area contributed by atoms with Crippen LogP contribution in [0, 0.1) is 31.1 Å². The SMILES string of the molecule is Cc1cccc(C)c1-c1cc(OC[C@@H]2N[C@H](c3cnc(C=CC(C)(C)C)cn3)CCC[C@H]2CC2CC2)nc(NS(=O)(=O)c2cccc(C(=O)O)c2)n1. The minimum atomic E-state index is -4.24. The molecule has 4 aromatic rings. The number of hydrogen-bond donors (Lipinski definition) is 3. The van der Waals surface area contributed by atoms with E-state index in [2.05, 4.69) is 51.8 Å². The third-order valence-electron chi connectivity index (χ3n) is 9.66. The summed E-state index contributed by atoms with van der Waals surface area (Å²) in [5.74, 6) is -0.0541. The number of sulfonamides is 1. The lowest BCUT2D eigenvalue weighted by Gasteiger charge is -2.28. The van der Waals surface area contributed by atoms with Gasteiger partial charge in [-0.15, -0.1) is 0 Å². The van der Waals surface area contributed by atoms with Gasteiger partial charge in [0.25, 0.3) is 10.0 Å². The van der Waals surface area contributed by atoms with Gasteiger partial charge in [0.15, 0.2) is 0 Å². The van der Waals surface area contributed by atoms with Crippen molar-refractivity contribution in [3.63, 3.8) is 0 Å². The molecule has 0 bridgehead atoms. The molecule has 11 nitrogen and oxygen atoms in total. The molecular formula is C40H48N6O5S. The molecule has 0 amide bonds. The number of aryl methyl sites for hydroxylation is 2. The predicted octanol–water partition coefficient (Wildman–Crippen LogP) is 7.79. The molecule has 0 radical (unpaired) electrons. The molecule has 12 heteroatoms. The molecule has 1 aliphatic heterocycles. The molecule has 3 heterocycles. The topological polar surface area (TPSA) is 156 Å². The highest BCUT2D eigenvalue weighted by molar-refractivity contribution is 7.92. The largest absolute Gasteiger partial charge is 0.478 e. The van der Waals surface area contributed by atoms with Gasteiger partial charge in [0.1, 0.15) is 6.61 Å². The first kappa shape index (κ1) is 37.1. The summed E-state index contributed by atoms with van der Waals surface area (Å²) in [4.78, 5) is 30.0. The van der Waals surface area contributed by atoms with Crippen LogP contribution in [0.2, 0.25) is 0 Å². The Bertz CT molecular complexity index is 2020. The van der Waals surface area contributed by atoms with Crippen molar-refractivity contribution in [2.24, 2.45) is 17.3 Å². The van der Waals surface area contributed by atoms with E-state index in [9.17, 15) is 18.3 Å². The Morgan fingerprint density at radius 2 is 1.75 bits per heavy atom. The number of hydrogen-bond acceptors (Lipinski definition) is 9. The molecule has 52 heavy (non-hydrogen) atoms. The second-order valence-electron chi connectivity index (χ2n) is 15.2. The standard InChI is InChI=1S/C40H48N6O5S/c1-25-9-6-10-26(2)37(25)33-21-36(45-39(44-33)46-52(49,50)31-13-7-12-29(20-31)38(47)48)51-24-35-28(19-27-15-16-27)11-8-14-32(43-35)34-23-41-30(22-42-34)17-18-40(3,4)5/h6-7,9-10,12-13,17-18,20-23,27-28,32,35,43H,8,11,14-16,19,24H2,1-5H3,(H,47,48)(H,44,45,46)/t28-,32-,35-/m0/s1. The number of allylic oxidation sites excluding steroid dienone is 1. The van der Waals surface area contributed by atoms with Gasteiger partial charge in [0.2, 0.25) is 11.8 Å². The zero-order valence-corrected chi connectivity index (χ0v) is 31.3. The monoisotopic (exact) mass is 724 g/mol. The van der Waals surface area contributed by atoms with Gasteiger partial charge in [-0.3, -0.25) is 9.97 Å². The molecule has 6 rings (SSSR count). The number of carboxylic acids is 1. The highest BCUT2D eigenvalue weighted by Gasteiger charge is 2.34. The van der Waals surface area contributed by atoms with Crippen LogP contribution in [0.3, 0.4) is 0 Å². The molecule has 274 valence electrons. The van der Waals surface area contributed by atoms with E-state index in [1.807, 2.05) is 50.5 Å². The third-order valence-corrected chi connectivity index (χ3v) is 11.0. The zero-order chi connectivity index (χ0) is 37.0. The number of nitrogens with zero attached hydrogens (tertiary/aromatic N) is 4. The number of rotatable bonds is 12. The molecule has 1 saturated carbocycles. The summed E-state index contributed by atoms with van der Waals surface area (Å²) >= 11 is 0. The van der Waals surface area contributed by atoms with E-state index in [0.29, 0.717) is 18.2 Å². The van der Waals surface area contributed by atoms with Crippen LogP contribution in [-0.2, 0) is 10.0 Å². The maximum Gasteiger partial charge on any atom is 0.335 e. The number of nitrogens with one attached hydrogen (secondary N) is 2. The Balaban J connectivity index is 1.28. The van der Waals surface area contributed by atoms with Crippen LogP contribution in [-0.4, -0.2) is 52.1 Å². The molecule has 2 aromatic carbocycles. The summed E-state index contributed by atoms with van der Waals surface area (Å²) in [7, 11) is -4.24. The highest BCUT2D eigenvalue weighted by atomic mass is 32.2. The molecular weight excluding hydrogens is 677 g/mol. The predicted molar refractivity (Wildman–Crippen MR) is 202 cm³/mol. The molecule has 1 saturated heterocycles. The van der Waals surface area contributed by atoms with Gasteiger partial charge in [0.05, 0.1) is 46.0 Å². The van der Waals surface area contributed by atoms with Crippen molar-refractivity contribution < 1.29 is 23.1 Å². The quantitative estimate of drug-likeness (QED) is 0.132. The van der Waals surface area contributed by atoms with Crippen molar-refractivity contribution in [2.45, 2.75) is 90.1 Å². The van der Waals surface area contributed by atoms with E-state index >= 15 is 0 Å². The fourth-order valence-corrected chi connectivity index (χ4v) is 7.72. The summed E-state index contributed by atoms with van der Waals surface area (Å²) < 4.78 is 35.9. The fourth-order valence-electron chi connectivity index (χ4n) is 6.74. The minimum absolute atomic E-state index is 0.00506. The molecule has 2 fully saturated rings. The number of carbonyl (C=O) groups is 1. The molecule has 1 aliphatic carbocycles. The normalized spacial score (nSPS) is 19.7. The first-order valence-corrected chi connectivity index (χ1v) is 19.4. The van der Waals surface area contributed by atoms with Crippen molar-refractivity contribution in [2.75, 3.05) is 11.3 Å². The Kier molecular flexibility index (Phi) is 11.1. The van der Waals surface area contributed by atoms with Crippen LogP contribution in [0.15, 0.2) is 71.9 Å². The van der Waals surface area contributed by atoms with E-state index in [0.717, 1.165) is 65.7 Å². The lowest BCUT2D eigenvalue weighted by Crippen LogP contribution is -2.42. The smallest absolute Gasteiger partial charge is 0.335 e. The van der Waals surface area contributed by atoms with Crippen molar-refractivity contribution in [3.05, 3.63) is 95.1 Å². The van der Waals surface area contributed by atoms with Crippen LogP contribution in [0.25, 0.3) is 17.3 Å². The summed E-state index contributed by atoms with van der Waals surface area (Å²) in [5, 5.41) is 13.3. The van der Waals surface area contributed by atoms with Crippen molar-refractivity contribution in [1.82, 2.24) is 25.3 Å². The van der Waals surface area contributed by atoms with E-state index in [1.165, 1.54) is 31.0 Å². The fraction of sp³-hybridized carbons (Fsp3) is 0.425. The molecule has 2 aliphatic rings. The average molecular weight is 725 g/mol. The van der Waals surface area contributed by atoms with E-state index in [-0.39, 0.29) is 39.8 Å². The second-order valence-corrected chi connectivity index (χ2v) is 16.9. The van der Waals surface area contributed by atoms with E-state index in [4.69, 9.17) is 9.72 Å². The van der Waals surface area contributed by atoms with Crippen LogP contribution >= 0.6 is 0 Å². The van der Waals surface area contributed by atoms with Crippen molar-refractivity contribution in [1.29, 1.82) is 0 Å². The van der Waals surface area contributed by atoms with Gasteiger partial charge >= 0.3 is 5.97 Å². The number of anilines is 1. The number of carboxylic acid groups (broad SMARTS) is 1. The Hall–Kier alpha value is -4.68. The van der Waals surface area contributed by atoms with Gasteiger partial charge < -0.3 is 15.2 Å². The van der Waals surface area contributed by atoms with Gasteiger partial charge in [0, 0.05) is 17.7 Å². The van der Waals surface area contributed by atoms with Gasteiger partial charge in [-0.05, 0) is 85.8 Å². The van der Waals surface area contributed by atoms with Gasteiger partial charge in [-0.25, -0.2) is 22.9 Å². The summed E-state index contributed by atoms with van der Waals surface area (Å²) in [5.41, 5.74) is 4.91. The third kappa shape index (κ3) is 9.60. The molecule has 3 N–H and O–H groups in total. The first-order chi connectivity index (χ1) is 24.7. The Morgan fingerprint density at radius 3 is 2.42 bits per heavy atom. The van der Waals surface area contributed by atoms with Crippen LogP contribution in [0.4, 0.5) is 5.95 Å². The molecule has 0 spiro atoms. The number of benzene rings is 2. The minimum Gasteiger partial charge on any atom is -0.478 e. The number of aromatic nitrogens is 4. The summed E-state index contributed by atoms with van der Waals surface area (Å²) in [6, 6.07) is 12.8. The number of aromatic carboxylic acids is 1. The zero-order valence-electron chi connectivity index (χ0n) is 30.5. The Morgan fingerprint density at radius 1 is 1.00 bits per heavy atom. The van der Waals surface area contributed by atoms with Gasteiger partial charge in [-0.2, -0.15) is 4.98 Å². The van der Waals surface area contributed by atoms with Gasteiger partial charge in [-0.1, -0.05) is 70.4 Å². The summed E-state index contributed by atoms with van der Waals surface area (Å²) in [6.07, 6.45) is 14.5. The maximum absolute atomic E-state index is 13.5. The first-order valence-electron chi connectivity index (χ1n) is 18.0. The molecule has 2 aromatic heterocycles. The molecule has 3 atom stereocenters. The van der Waals surface area contributed by atoms with Crippen molar-refractivity contribution in [3.8, 4) is 17.1 Å². The second kappa shape index (κ2) is 15.5. The lowest BCUT2D eigenvalue weighted by molar-refractivity contribution is 0.0696. The van der Waals surface area contributed by atoms with E-state index in [1.54, 1.807) is 6.07 Å². The summed E-state index contributed by atoms with van der Waals surface area (Å²) in [6.45, 7) is 10.7. The van der Waals surface area contributed by atoms with Crippen molar-refractivity contribution >= 4 is 28.0 Å². The average Bonchev–Trinajstić information content (AvgIpc) is 3.94. The van der Waals surface area contributed by atoms with Crippen LogP contribution in [0.5, 0.6) is 5.88 Å². The highest BCUT2D eigenvalue weighted by Crippen LogP contribution is 2.40. The number of ether oxygens (including phenoxy) is 1. The molecule has 0 unspecified atom stereocenters. The maximum atomic E-state index is 13.5.